The van der Waals surface area contributed by atoms with Gasteiger partial charge in [0, 0.05) is 30.6 Å². The number of aromatic amines is 1. The van der Waals surface area contributed by atoms with Gasteiger partial charge in [0.15, 0.2) is 10.9 Å². The van der Waals surface area contributed by atoms with Crippen molar-refractivity contribution in [3.05, 3.63) is 51.2 Å². The monoisotopic (exact) mass is 321 g/mol. The van der Waals surface area contributed by atoms with E-state index in [0.29, 0.717) is 12.0 Å². The molecule has 0 aliphatic rings. The first-order valence-electron chi connectivity index (χ1n) is 6.53. The molecule has 0 amide bonds. The van der Waals surface area contributed by atoms with Crippen LogP contribution < -0.4 is 11.3 Å². The molecule has 0 aliphatic heterocycles. The Bertz CT molecular complexity index is 771. The Kier molecular flexibility index (Phi) is 5.12. The average Bonchev–Trinajstić information content (AvgIpc) is 2.50. The van der Waals surface area contributed by atoms with E-state index >= 15 is 0 Å². The van der Waals surface area contributed by atoms with Crippen LogP contribution in [0.4, 0.5) is 0 Å². The fraction of sp³-hybridized carbons (Fsp3) is 0.308. The number of nitrogens with zero attached hydrogens (tertiary/aromatic N) is 3. The first-order chi connectivity index (χ1) is 10.5. The number of carbonyl (C=O) groups excluding carboxylic acids is 1. The van der Waals surface area contributed by atoms with Gasteiger partial charge in [0.2, 0.25) is 0 Å². The Hall–Kier alpha value is -2.39. The molecule has 22 heavy (non-hydrogen) atoms. The summed E-state index contributed by atoms with van der Waals surface area (Å²) in [6, 6.07) is 0. The highest BCUT2D eigenvalue weighted by Crippen LogP contribution is 2.07. The van der Waals surface area contributed by atoms with Crippen molar-refractivity contribution in [2.75, 3.05) is 6.61 Å². The zero-order valence-electron chi connectivity index (χ0n) is 11.9. The Morgan fingerprint density at radius 1 is 1.50 bits per heavy atom. The highest BCUT2D eigenvalue weighted by Gasteiger charge is 2.18. The highest BCUT2D eigenvalue weighted by molar-refractivity contribution is 7.71. The van der Waals surface area contributed by atoms with Gasteiger partial charge in [-0.15, -0.1) is 0 Å². The van der Waals surface area contributed by atoms with Crippen molar-refractivity contribution in [1.82, 2.24) is 19.5 Å². The lowest BCUT2D eigenvalue weighted by molar-refractivity contribution is -0.147. The molecule has 3 N–H and O–H groups in total. The summed E-state index contributed by atoms with van der Waals surface area (Å²) in [7, 11) is 0. The van der Waals surface area contributed by atoms with Gasteiger partial charge in [-0.1, -0.05) is 0 Å². The van der Waals surface area contributed by atoms with Gasteiger partial charge in [-0.2, -0.15) is 0 Å². The normalized spacial score (nSPS) is 11.9. The third kappa shape index (κ3) is 3.62. The molecule has 0 aromatic carbocycles. The molecule has 1 atom stereocenters. The van der Waals surface area contributed by atoms with E-state index in [2.05, 4.69) is 15.0 Å². The van der Waals surface area contributed by atoms with Crippen molar-refractivity contribution in [2.45, 2.75) is 19.5 Å². The minimum absolute atomic E-state index is 0.0543. The van der Waals surface area contributed by atoms with Gasteiger partial charge in [-0.05, 0) is 24.7 Å². The number of carbonyl (C=O) groups is 1. The second-order valence-electron chi connectivity index (χ2n) is 4.44. The van der Waals surface area contributed by atoms with E-state index in [1.54, 1.807) is 19.3 Å². The van der Waals surface area contributed by atoms with Crippen LogP contribution in [0.25, 0.3) is 0 Å². The molecule has 1 unspecified atom stereocenters. The summed E-state index contributed by atoms with van der Waals surface area (Å²) in [5.74, 6) is -0.625. The number of H-pyrrole nitrogens is 1. The first-order valence-corrected chi connectivity index (χ1v) is 6.94. The van der Waals surface area contributed by atoms with Gasteiger partial charge in [0.1, 0.15) is 6.33 Å². The van der Waals surface area contributed by atoms with Crippen LogP contribution in [0.3, 0.4) is 0 Å². The summed E-state index contributed by atoms with van der Waals surface area (Å²) in [5.41, 5.74) is 6.61. The van der Waals surface area contributed by atoms with Crippen molar-refractivity contribution in [1.29, 1.82) is 0 Å². The maximum absolute atomic E-state index is 12.0. The fourth-order valence-electron chi connectivity index (χ4n) is 1.84. The SMILES string of the molecule is CCOC(=O)C(N)n1cc(Cc2cncnc2)c(=O)[nH]c1=S. The van der Waals surface area contributed by atoms with Gasteiger partial charge >= 0.3 is 5.97 Å². The van der Waals surface area contributed by atoms with E-state index in [9.17, 15) is 9.59 Å². The number of rotatable bonds is 5. The molecule has 8 nitrogen and oxygen atoms in total. The van der Waals surface area contributed by atoms with Crippen molar-refractivity contribution in [2.24, 2.45) is 5.73 Å². The predicted octanol–water partition coefficient (Wildman–Crippen LogP) is 0.307. The lowest BCUT2D eigenvalue weighted by atomic mass is 10.1. The van der Waals surface area contributed by atoms with E-state index in [-0.39, 0.29) is 16.9 Å². The molecule has 0 radical (unpaired) electrons. The lowest BCUT2D eigenvalue weighted by Gasteiger charge is -2.15. The van der Waals surface area contributed by atoms with Gasteiger partial charge in [-0.3, -0.25) is 14.3 Å². The largest absolute Gasteiger partial charge is 0.463 e. The second kappa shape index (κ2) is 7.05. The van der Waals surface area contributed by atoms with Crippen LogP contribution in [-0.2, 0) is 16.0 Å². The van der Waals surface area contributed by atoms with E-state index < -0.39 is 12.1 Å². The van der Waals surface area contributed by atoms with E-state index in [1.807, 2.05) is 0 Å². The van der Waals surface area contributed by atoms with Gasteiger partial charge in [-0.25, -0.2) is 14.8 Å². The molecule has 2 rings (SSSR count). The van der Waals surface area contributed by atoms with Crippen molar-refractivity contribution < 1.29 is 9.53 Å². The summed E-state index contributed by atoms with van der Waals surface area (Å²) in [6.45, 7) is 1.88. The molecule has 0 fully saturated rings. The van der Waals surface area contributed by atoms with Crippen molar-refractivity contribution >= 4 is 18.2 Å². The van der Waals surface area contributed by atoms with E-state index in [1.165, 1.54) is 17.1 Å². The maximum Gasteiger partial charge on any atom is 0.344 e. The molecule has 0 bridgehead atoms. The number of nitrogens with one attached hydrogen (secondary N) is 1. The maximum atomic E-state index is 12.0. The minimum atomic E-state index is -1.12. The first kappa shape index (κ1) is 16.0. The van der Waals surface area contributed by atoms with Gasteiger partial charge in [0.25, 0.3) is 5.56 Å². The molecular weight excluding hydrogens is 306 g/mol. The Balaban J connectivity index is 2.37. The zero-order valence-corrected chi connectivity index (χ0v) is 12.7. The van der Waals surface area contributed by atoms with Crippen LogP contribution in [0, 0.1) is 4.77 Å². The van der Waals surface area contributed by atoms with Crippen molar-refractivity contribution in [3.8, 4) is 0 Å². The highest BCUT2D eigenvalue weighted by atomic mass is 32.1. The standard InChI is InChI=1S/C13H15N5O3S/c1-2-21-12(20)10(14)18-6-9(11(19)17-13(18)22)3-8-4-15-7-16-5-8/h4-7,10H,2-3,14H2,1H3,(H,17,19,22). The molecule has 2 aromatic rings. The van der Waals surface area contributed by atoms with E-state index in [0.717, 1.165) is 5.56 Å². The average molecular weight is 321 g/mol. The molecule has 2 heterocycles. The third-order valence-corrected chi connectivity index (χ3v) is 3.19. The molecule has 0 saturated carbocycles. The Morgan fingerprint density at radius 3 is 2.82 bits per heavy atom. The second-order valence-corrected chi connectivity index (χ2v) is 4.83. The quantitative estimate of drug-likeness (QED) is 0.601. The van der Waals surface area contributed by atoms with Gasteiger partial charge in [0.05, 0.1) is 6.61 Å². The van der Waals surface area contributed by atoms with Crippen LogP contribution in [0.1, 0.15) is 24.2 Å². The molecule has 0 saturated heterocycles. The number of hydrogen-bond acceptors (Lipinski definition) is 7. The number of nitrogens with two attached hydrogens (primary N) is 1. The van der Waals surface area contributed by atoms with E-state index in [4.69, 9.17) is 22.7 Å². The van der Waals surface area contributed by atoms with Crippen LogP contribution in [0.15, 0.2) is 29.7 Å². The topological polar surface area (TPSA) is 116 Å². The molecular formula is C13H15N5O3S. The van der Waals surface area contributed by atoms with Crippen LogP contribution >= 0.6 is 12.2 Å². The molecule has 0 aliphatic carbocycles. The van der Waals surface area contributed by atoms with Crippen LogP contribution in [0.5, 0.6) is 0 Å². The van der Waals surface area contributed by atoms with Crippen LogP contribution in [-0.4, -0.2) is 32.1 Å². The molecule has 0 spiro atoms. The molecule has 9 heteroatoms. The number of ether oxygens (including phenoxy) is 1. The number of hydrogen-bond donors (Lipinski definition) is 2. The number of esters is 1. The lowest BCUT2D eigenvalue weighted by Crippen LogP contribution is -2.32. The predicted molar refractivity (Wildman–Crippen MR) is 80.6 cm³/mol. The summed E-state index contributed by atoms with van der Waals surface area (Å²) in [5, 5.41) is 0. The Morgan fingerprint density at radius 2 is 2.18 bits per heavy atom. The minimum Gasteiger partial charge on any atom is -0.463 e. The molecule has 2 aromatic heterocycles. The zero-order chi connectivity index (χ0) is 16.1. The van der Waals surface area contributed by atoms with Crippen molar-refractivity contribution in [3.63, 3.8) is 0 Å². The fourth-order valence-corrected chi connectivity index (χ4v) is 2.10. The molecule has 116 valence electrons. The number of aromatic nitrogens is 4. The van der Waals surface area contributed by atoms with Gasteiger partial charge < -0.3 is 10.5 Å². The summed E-state index contributed by atoms with van der Waals surface area (Å²) >= 11 is 5.04. The summed E-state index contributed by atoms with van der Waals surface area (Å²) in [4.78, 5) is 34.0. The third-order valence-electron chi connectivity index (χ3n) is 2.88. The summed E-state index contributed by atoms with van der Waals surface area (Å²) < 4.78 is 6.21. The smallest absolute Gasteiger partial charge is 0.344 e. The summed E-state index contributed by atoms with van der Waals surface area (Å²) in [6.07, 6.45) is 5.23. The van der Waals surface area contributed by atoms with Crippen LogP contribution in [0.2, 0.25) is 0 Å². The Labute approximate surface area is 131 Å².